The van der Waals surface area contributed by atoms with Crippen LogP contribution < -0.4 is 16.0 Å². The molecule has 0 saturated heterocycles. The third-order valence-corrected chi connectivity index (χ3v) is 5.93. The lowest BCUT2D eigenvalue weighted by Crippen LogP contribution is -2.52. The molecule has 1 spiro atoms. The zero-order valence-electron chi connectivity index (χ0n) is 15.6. The highest BCUT2D eigenvalue weighted by Crippen LogP contribution is 2.48. The van der Waals surface area contributed by atoms with Gasteiger partial charge in [0.05, 0.1) is 16.2 Å². The minimum atomic E-state index is -0.522. The third kappa shape index (κ3) is 3.33. The van der Waals surface area contributed by atoms with Crippen LogP contribution in [0.25, 0.3) is 11.0 Å². The van der Waals surface area contributed by atoms with Gasteiger partial charge in [-0.3, -0.25) is 4.79 Å². The molecule has 0 atom stereocenters. The molecule has 4 rings (SSSR count). The summed E-state index contributed by atoms with van der Waals surface area (Å²) in [5.74, 6) is -0.0872. The van der Waals surface area contributed by atoms with E-state index in [9.17, 15) is 9.59 Å². The van der Waals surface area contributed by atoms with Crippen LogP contribution >= 0.6 is 11.6 Å². The van der Waals surface area contributed by atoms with Gasteiger partial charge >= 0.3 is 6.03 Å². The van der Waals surface area contributed by atoms with Crippen molar-refractivity contribution in [3.63, 3.8) is 0 Å². The number of aliphatic hydroxyl groups excluding tert-OH is 1. The first-order chi connectivity index (χ1) is 13.5. The first-order valence-corrected chi connectivity index (χ1v) is 10.2. The summed E-state index contributed by atoms with van der Waals surface area (Å²) in [6.45, 7) is 0.572. The normalized spacial score (nSPS) is 17.9. The Hall–Kier alpha value is -2.25. The van der Waals surface area contributed by atoms with Crippen LogP contribution in [0.2, 0.25) is 5.02 Å². The number of fused-ring (bicyclic) bond motifs is 4. The van der Waals surface area contributed by atoms with E-state index in [1.165, 1.54) is 0 Å². The van der Waals surface area contributed by atoms with Crippen molar-refractivity contribution in [2.45, 2.75) is 50.5 Å². The van der Waals surface area contributed by atoms with Gasteiger partial charge in [-0.25, -0.2) is 4.79 Å². The van der Waals surface area contributed by atoms with Crippen LogP contribution in [0.3, 0.4) is 0 Å². The molecule has 1 aromatic carbocycles. The number of hydrogen-bond donors (Lipinski definition) is 4. The second-order valence-corrected chi connectivity index (χ2v) is 7.95. The molecule has 1 aromatic heterocycles. The van der Waals surface area contributed by atoms with Gasteiger partial charge in [-0.2, -0.15) is 0 Å². The average Bonchev–Trinajstić information content (AvgIpc) is 3.09. The summed E-state index contributed by atoms with van der Waals surface area (Å²) in [6, 6.07) is 3.16. The molecule has 1 aliphatic carbocycles. The van der Waals surface area contributed by atoms with E-state index < -0.39 is 5.54 Å². The highest BCUT2D eigenvalue weighted by molar-refractivity contribution is 6.35. The molecule has 150 valence electrons. The average molecular weight is 406 g/mol. The molecule has 0 unspecified atom stereocenters. The zero-order chi connectivity index (χ0) is 19.7. The van der Waals surface area contributed by atoms with E-state index in [4.69, 9.17) is 21.1 Å². The highest BCUT2D eigenvalue weighted by atomic mass is 35.5. The number of anilines is 1. The summed E-state index contributed by atoms with van der Waals surface area (Å²) in [5, 5.41) is 18.7. The first-order valence-electron chi connectivity index (χ1n) is 9.79. The topological polar surface area (TPSA) is 104 Å². The maximum atomic E-state index is 12.5. The van der Waals surface area contributed by atoms with Crippen molar-refractivity contribution in [1.82, 2.24) is 10.6 Å². The van der Waals surface area contributed by atoms with E-state index >= 15 is 0 Å². The van der Waals surface area contributed by atoms with Crippen molar-refractivity contribution in [1.29, 1.82) is 0 Å². The van der Waals surface area contributed by atoms with Crippen molar-refractivity contribution < 1.29 is 19.1 Å². The van der Waals surface area contributed by atoms with E-state index in [1.807, 2.05) is 0 Å². The Morgan fingerprint density at radius 3 is 2.79 bits per heavy atom. The second-order valence-electron chi connectivity index (χ2n) is 7.55. The molecule has 1 saturated carbocycles. The Balaban J connectivity index is 1.75. The van der Waals surface area contributed by atoms with Gasteiger partial charge in [-0.1, -0.05) is 30.9 Å². The summed E-state index contributed by atoms with van der Waals surface area (Å²) in [7, 11) is 0. The minimum Gasteiger partial charge on any atom is -0.450 e. The van der Waals surface area contributed by atoms with Crippen LogP contribution in [0.15, 0.2) is 16.5 Å². The van der Waals surface area contributed by atoms with E-state index in [1.54, 1.807) is 12.1 Å². The predicted molar refractivity (Wildman–Crippen MR) is 107 cm³/mol. The molecule has 0 bridgehead atoms. The number of nitrogens with one attached hydrogen (secondary N) is 3. The van der Waals surface area contributed by atoms with Crippen molar-refractivity contribution in [2.75, 3.05) is 18.5 Å². The number of rotatable bonds is 5. The summed E-state index contributed by atoms with van der Waals surface area (Å²) < 4.78 is 5.99. The van der Waals surface area contributed by atoms with Gasteiger partial charge in [0.2, 0.25) is 0 Å². The molecular formula is C20H24ClN3O4. The SMILES string of the molecule is O=C1Nc2c(Cl)cc3cc(C(=O)NCCCCO)oc3c2C2(CCCCC2)N1. The number of carbonyl (C=O) groups excluding carboxylic acids is 2. The molecule has 7 nitrogen and oxygen atoms in total. The van der Waals surface area contributed by atoms with Crippen LogP contribution in [0.1, 0.15) is 61.1 Å². The predicted octanol–water partition coefficient (Wildman–Crippen LogP) is 3.88. The fourth-order valence-corrected chi connectivity index (χ4v) is 4.58. The van der Waals surface area contributed by atoms with Gasteiger partial charge in [-0.15, -0.1) is 0 Å². The zero-order valence-corrected chi connectivity index (χ0v) is 16.3. The number of unbranched alkanes of at least 4 members (excludes halogenated alkanes) is 1. The lowest BCUT2D eigenvalue weighted by atomic mass is 9.74. The third-order valence-electron chi connectivity index (χ3n) is 5.63. The van der Waals surface area contributed by atoms with Gasteiger partial charge in [0.1, 0.15) is 5.58 Å². The fourth-order valence-electron chi connectivity index (χ4n) is 4.32. The molecule has 2 heterocycles. The number of halogens is 1. The van der Waals surface area contributed by atoms with Gasteiger partial charge < -0.3 is 25.5 Å². The molecule has 8 heteroatoms. The van der Waals surface area contributed by atoms with E-state index in [2.05, 4.69) is 16.0 Å². The van der Waals surface area contributed by atoms with Gasteiger partial charge in [-0.05, 0) is 37.8 Å². The van der Waals surface area contributed by atoms with Crippen LogP contribution in [-0.4, -0.2) is 30.2 Å². The Morgan fingerprint density at radius 1 is 1.25 bits per heavy atom. The highest BCUT2D eigenvalue weighted by Gasteiger charge is 2.43. The quantitative estimate of drug-likeness (QED) is 0.566. The Bertz CT molecular complexity index is 918. The maximum Gasteiger partial charge on any atom is 0.319 e. The lowest BCUT2D eigenvalue weighted by Gasteiger charge is -2.42. The number of urea groups is 1. The standard InChI is InChI=1S/C20H24ClN3O4/c21-13-10-12-11-14(18(26)22-8-4-5-9-25)28-17(12)15-16(13)23-19(27)24-20(15)6-2-1-3-7-20/h10-11,25H,1-9H2,(H,22,26)(H2,23,24,27). The fraction of sp³-hybridized carbons (Fsp3) is 0.500. The maximum absolute atomic E-state index is 12.5. The number of amides is 3. The van der Waals surface area contributed by atoms with E-state index in [0.29, 0.717) is 35.7 Å². The van der Waals surface area contributed by atoms with Crippen LogP contribution in [0.5, 0.6) is 0 Å². The van der Waals surface area contributed by atoms with Gasteiger partial charge in [0.15, 0.2) is 5.76 Å². The first kappa shape index (κ1) is 19.1. The van der Waals surface area contributed by atoms with Crippen LogP contribution in [0.4, 0.5) is 10.5 Å². The molecule has 1 fully saturated rings. The summed E-state index contributed by atoms with van der Waals surface area (Å²) >= 11 is 6.49. The molecular weight excluding hydrogens is 382 g/mol. The number of hydrogen-bond acceptors (Lipinski definition) is 4. The molecule has 4 N–H and O–H groups in total. The Labute approximate surface area is 167 Å². The molecule has 3 amide bonds. The molecule has 0 radical (unpaired) electrons. The minimum absolute atomic E-state index is 0.103. The van der Waals surface area contributed by atoms with E-state index in [-0.39, 0.29) is 24.3 Å². The number of benzene rings is 1. The van der Waals surface area contributed by atoms with Crippen LogP contribution in [0, 0.1) is 0 Å². The van der Waals surface area contributed by atoms with Gasteiger partial charge in [0.25, 0.3) is 5.91 Å². The van der Waals surface area contributed by atoms with Gasteiger partial charge in [0, 0.05) is 24.1 Å². The molecule has 1 aliphatic heterocycles. The largest absolute Gasteiger partial charge is 0.450 e. The smallest absolute Gasteiger partial charge is 0.319 e. The lowest BCUT2D eigenvalue weighted by molar-refractivity contribution is 0.0926. The van der Waals surface area contributed by atoms with Crippen molar-refractivity contribution >= 4 is 40.2 Å². The Morgan fingerprint density at radius 2 is 2.04 bits per heavy atom. The summed E-state index contributed by atoms with van der Waals surface area (Å²) in [5.41, 5.74) is 1.48. The molecule has 2 aromatic rings. The Kier molecular flexibility index (Phi) is 5.21. The number of aliphatic hydroxyl groups is 1. The van der Waals surface area contributed by atoms with Crippen molar-refractivity contribution in [3.05, 3.63) is 28.5 Å². The number of carbonyl (C=O) groups is 2. The van der Waals surface area contributed by atoms with E-state index in [0.717, 1.165) is 43.1 Å². The summed E-state index contributed by atoms with van der Waals surface area (Å²) in [4.78, 5) is 24.7. The van der Waals surface area contributed by atoms with Crippen molar-refractivity contribution in [2.24, 2.45) is 0 Å². The summed E-state index contributed by atoms with van der Waals surface area (Å²) in [6.07, 6.45) is 6.10. The number of furan rings is 1. The second kappa shape index (κ2) is 7.64. The van der Waals surface area contributed by atoms with Crippen molar-refractivity contribution in [3.8, 4) is 0 Å². The van der Waals surface area contributed by atoms with Crippen LogP contribution in [-0.2, 0) is 5.54 Å². The monoisotopic (exact) mass is 405 g/mol. The molecule has 28 heavy (non-hydrogen) atoms. The molecule has 2 aliphatic rings.